The molecule has 0 unspecified atom stereocenters. The van der Waals surface area contributed by atoms with Gasteiger partial charge in [0.15, 0.2) is 5.75 Å². The minimum absolute atomic E-state index is 0.0413. The molecule has 0 aliphatic rings. The van der Waals surface area contributed by atoms with Gasteiger partial charge in [-0.05, 0) is 29.8 Å². The molecule has 1 aromatic carbocycles. The molecule has 2 aromatic heterocycles. The van der Waals surface area contributed by atoms with E-state index in [1.54, 1.807) is 44.7 Å². The van der Waals surface area contributed by atoms with Gasteiger partial charge in [0.05, 0.1) is 18.1 Å². The summed E-state index contributed by atoms with van der Waals surface area (Å²) >= 11 is 0. The Hall–Kier alpha value is -3.94. The van der Waals surface area contributed by atoms with Crippen LogP contribution in [0.25, 0.3) is 11.1 Å². The first kappa shape index (κ1) is 18.8. The molecule has 8 nitrogen and oxygen atoms in total. The molecule has 0 saturated heterocycles. The molecule has 0 radical (unpaired) electrons. The van der Waals surface area contributed by atoms with Gasteiger partial charge in [-0.15, -0.1) is 0 Å². The zero-order valence-electron chi connectivity index (χ0n) is 15.4. The lowest BCUT2D eigenvalue weighted by Gasteiger charge is -2.11. The van der Waals surface area contributed by atoms with E-state index in [4.69, 9.17) is 10.5 Å². The third-order valence-corrected chi connectivity index (χ3v) is 3.84. The van der Waals surface area contributed by atoms with E-state index in [1.807, 2.05) is 24.3 Å². The van der Waals surface area contributed by atoms with E-state index in [-0.39, 0.29) is 11.7 Å². The Morgan fingerprint density at radius 1 is 1.00 bits per heavy atom. The second-order valence-electron chi connectivity index (χ2n) is 6.16. The van der Waals surface area contributed by atoms with Crippen LogP contribution >= 0.6 is 0 Å². The Morgan fingerprint density at radius 2 is 1.71 bits per heavy atom. The number of benzene rings is 1. The lowest BCUT2D eigenvalue weighted by atomic mass is 10.1. The highest BCUT2D eigenvalue weighted by atomic mass is 16.5. The van der Waals surface area contributed by atoms with Crippen LogP contribution in [0.15, 0.2) is 61.1 Å². The van der Waals surface area contributed by atoms with Gasteiger partial charge in [-0.2, -0.15) is 0 Å². The Morgan fingerprint density at radius 3 is 2.32 bits per heavy atom. The maximum Gasteiger partial charge on any atom is 0.410 e. The van der Waals surface area contributed by atoms with Crippen molar-refractivity contribution in [3.8, 4) is 16.9 Å². The Labute approximate surface area is 162 Å². The second kappa shape index (κ2) is 8.17. The van der Waals surface area contributed by atoms with Crippen LogP contribution in [0.2, 0.25) is 0 Å². The van der Waals surface area contributed by atoms with Crippen molar-refractivity contribution in [2.24, 2.45) is 5.73 Å². The fourth-order valence-corrected chi connectivity index (χ4v) is 2.51. The number of hydrogen-bond acceptors (Lipinski definition) is 6. The zero-order chi connectivity index (χ0) is 20.1. The van der Waals surface area contributed by atoms with Crippen LogP contribution in [-0.2, 0) is 0 Å². The van der Waals surface area contributed by atoms with Gasteiger partial charge in [-0.25, -0.2) is 9.78 Å². The molecule has 0 atom stereocenters. The third kappa shape index (κ3) is 4.61. The number of carbonyl (C=O) groups excluding carboxylic acids is 2. The summed E-state index contributed by atoms with van der Waals surface area (Å²) in [4.78, 5) is 32.7. The number of pyridine rings is 2. The van der Waals surface area contributed by atoms with Gasteiger partial charge in [0, 0.05) is 37.5 Å². The van der Waals surface area contributed by atoms with Crippen LogP contribution in [0.1, 0.15) is 10.4 Å². The molecule has 2 heterocycles. The predicted molar refractivity (Wildman–Crippen MR) is 105 cm³/mol. The monoisotopic (exact) mass is 377 g/mol. The average Bonchev–Trinajstić information content (AvgIpc) is 2.68. The van der Waals surface area contributed by atoms with Crippen molar-refractivity contribution in [2.45, 2.75) is 0 Å². The number of ether oxygens (including phenoxy) is 1. The largest absolute Gasteiger partial charge is 0.410 e. The van der Waals surface area contributed by atoms with Crippen LogP contribution in [0.4, 0.5) is 16.3 Å². The predicted octanol–water partition coefficient (Wildman–Crippen LogP) is 3.05. The number of nitrogens with two attached hydrogens (primary N) is 1. The fourth-order valence-electron chi connectivity index (χ4n) is 2.51. The van der Waals surface area contributed by atoms with E-state index in [1.165, 1.54) is 11.1 Å². The normalized spacial score (nSPS) is 10.2. The number of nitrogens with one attached hydrogen (secondary N) is 1. The highest BCUT2D eigenvalue weighted by Gasteiger charge is 2.08. The zero-order valence-corrected chi connectivity index (χ0v) is 15.4. The van der Waals surface area contributed by atoms with E-state index in [9.17, 15) is 9.59 Å². The molecule has 3 N–H and O–H groups in total. The molecular weight excluding hydrogens is 358 g/mol. The van der Waals surface area contributed by atoms with Gasteiger partial charge >= 0.3 is 6.09 Å². The standard InChI is InChI=1S/C20H19N5O3/c1-25(2)19(26)14-5-3-13(4-6-14)15-7-8-18(23-10-15)24-16-9-17(12-22-11-16)28-20(21)27/h3-12H,1-2H3,(H2,21,27)(H,23,24). The van der Waals surface area contributed by atoms with Gasteiger partial charge in [0.2, 0.25) is 0 Å². The molecule has 142 valence electrons. The molecular formula is C20H19N5O3. The fraction of sp³-hybridized carbons (Fsp3) is 0.100. The molecule has 0 spiro atoms. The van der Waals surface area contributed by atoms with Crippen LogP contribution < -0.4 is 15.8 Å². The van der Waals surface area contributed by atoms with Gasteiger partial charge in [-0.3, -0.25) is 9.78 Å². The number of nitrogens with zero attached hydrogens (tertiary/aromatic N) is 3. The first-order valence-electron chi connectivity index (χ1n) is 8.40. The molecule has 0 saturated carbocycles. The SMILES string of the molecule is CN(C)C(=O)c1ccc(-c2ccc(Nc3cncc(OC(N)=O)c3)nc2)cc1. The quantitative estimate of drug-likeness (QED) is 0.707. The molecule has 3 rings (SSSR count). The molecule has 0 aliphatic heterocycles. The third-order valence-electron chi connectivity index (χ3n) is 3.84. The Bertz CT molecular complexity index is 985. The highest BCUT2D eigenvalue weighted by molar-refractivity contribution is 5.94. The van der Waals surface area contributed by atoms with Crippen LogP contribution in [0.5, 0.6) is 5.75 Å². The first-order valence-corrected chi connectivity index (χ1v) is 8.40. The summed E-state index contributed by atoms with van der Waals surface area (Å²) in [7, 11) is 3.44. The number of rotatable bonds is 5. The number of amides is 2. The maximum absolute atomic E-state index is 12.0. The van der Waals surface area contributed by atoms with Crippen molar-refractivity contribution >= 4 is 23.5 Å². The minimum Gasteiger partial charge on any atom is -0.409 e. The summed E-state index contributed by atoms with van der Waals surface area (Å²) in [6.07, 6.45) is 3.78. The molecule has 28 heavy (non-hydrogen) atoms. The summed E-state index contributed by atoms with van der Waals surface area (Å²) in [5, 5.41) is 3.08. The maximum atomic E-state index is 12.0. The molecule has 3 aromatic rings. The van der Waals surface area contributed by atoms with E-state index in [2.05, 4.69) is 15.3 Å². The molecule has 2 amide bonds. The number of anilines is 2. The summed E-state index contributed by atoms with van der Waals surface area (Å²) in [5.41, 5.74) is 8.10. The average molecular weight is 377 g/mol. The van der Waals surface area contributed by atoms with Gasteiger partial charge in [0.1, 0.15) is 5.82 Å². The molecule has 0 fully saturated rings. The topological polar surface area (TPSA) is 110 Å². The van der Waals surface area contributed by atoms with Crippen molar-refractivity contribution in [1.29, 1.82) is 0 Å². The Balaban J connectivity index is 1.71. The van der Waals surface area contributed by atoms with Gasteiger partial charge in [0.25, 0.3) is 5.91 Å². The first-order chi connectivity index (χ1) is 13.4. The van der Waals surface area contributed by atoms with E-state index in [0.29, 0.717) is 17.1 Å². The van der Waals surface area contributed by atoms with Gasteiger partial charge < -0.3 is 20.7 Å². The number of hydrogen-bond donors (Lipinski definition) is 2. The minimum atomic E-state index is -0.903. The number of carbonyl (C=O) groups is 2. The molecule has 0 aliphatic carbocycles. The Kier molecular flexibility index (Phi) is 5.50. The lowest BCUT2D eigenvalue weighted by Crippen LogP contribution is -2.21. The number of primary amides is 1. The van der Waals surface area contributed by atoms with Crippen LogP contribution in [0, 0.1) is 0 Å². The smallest absolute Gasteiger partial charge is 0.409 e. The van der Waals surface area contributed by atoms with Crippen molar-refractivity contribution in [2.75, 3.05) is 19.4 Å². The van der Waals surface area contributed by atoms with Crippen molar-refractivity contribution in [1.82, 2.24) is 14.9 Å². The molecule has 8 heteroatoms. The summed E-state index contributed by atoms with van der Waals surface area (Å²) in [5.74, 6) is 0.794. The summed E-state index contributed by atoms with van der Waals surface area (Å²) in [6.45, 7) is 0. The van der Waals surface area contributed by atoms with Gasteiger partial charge in [-0.1, -0.05) is 12.1 Å². The summed E-state index contributed by atoms with van der Waals surface area (Å²) < 4.78 is 4.80. The lowest BCUT2D eigenvalue weighted by molar-refractivity contribution is 0.0827. The van der Waals surface area contributed by atoms with Crippen molar-refractivity contribution < 1.29 is 14.3 Å². The second-order valence-corrected chi connectivity index (χ2v) is 6.16. The van der Waals surface area contributed by atoms with Crippen molar-refractivity contribution in [3.63, 3.8) is 0 Å². The van der Waals surface area contributed by atoms with Crippen molar-refractivity contribution in [3.05, 3.63) is 66.6 Å². The van der Waals surface area contributed by atoms with Crippen LogP contribution in [-0.4, -0.2) is 41.0 Å². The summed E-state index contributed by atoms with van der Waals surface area (Å²) in [6, 6.07) is 12.7. The highest BCUT2D eigenvalue weighted by Crippen LogP contribution is 2.23. The number of aromatic nitrogens is 2. The van der Waals surface area contributed by atoms with E-state index < -0.39 is 6.09 Å². The van der Waals surface area contributed by atoms with E-state index >= 15 is 0 Å². The van der Waals surface area contributed by atoms with Crippen LogP contribution in [0.3, 0.4) is 0 Å². The van der Waals surface area contributed by atoms with E-state index in [0.717, 1.165) is 11.1 Å². The molecule has 0 bridgehead atoms.